The molecule has 4 rings (SSSR count). The van der Waals surface area contributed by atoms with Gasteiger partial charge in [-0.2, -0.15) is 4.99 Å². The monoisotopic (exact) mass is 404 g/mol. The number of guanidine groups is 1. The molecule has 1 fully saturated rings. The van der Waals surface area contributed by atoms with Gasteiger partial charge in [0, 0.05) is 25.1 Å². The largest absolute Gasteiger partial charge is 0.378 e. The highest BCUT2D eigenvalue weighted by Gasteiger charge is 2.18. The smallest absolute Gasteiger partial charge is 0.253 e. The van der Waals surface area contributed by atoms with Crippen molar-refractivity contribution in [1.82, 2.24) is 10.1 Å². The predicted molar refractivity (Wildman–Crippen MR) is 119 cm³/mol. The Morgan fingerprint density at radius 3 is 2.40 bits per heavy atom. The lowest BCUT2D eigenvalue weighted by Crippen LogP contribution is -2.44. The molecule has 1 aromatic heterocycles. The minimum atomic E-state index is 0.0875. The molecule has 0 aliphatic carbocycles. The van der Waals surface area contributed by atoms with E-state index < -0.39 is 0 Å². The van der Waals surface area contributed by atoms with Gasteiger partial charge in [0.05, 0.1) is 18.9 Å². The lowest BCUT2D eigenvalue weighted by molar-refractivity contribution is 0.0675. The van der Waals surface area contributed by atoms with Gasteiger partial charge in [-0.3, -0.25) is 0 Å². The third-order valence-electron chi connectivity index (χ3n) is 5.64. The van der Waals surface area contributed by atoms with Crippen molar-refractivity contribution in [1.29, 1.82) is 0 Å². The lowest BCUT2D eigenvalue weighted by Gasteiger charge is -2.27. The van der Waals surface area contributed by atoms with Gasteiger partial charge in [0.25, 0.3) is 5.88 Å². The Balaban J connectivity index is 1.56. The summed E-state index contributed by atoms with van der Waals surface area (Å²) in [6.45, 7) is 9.24. The predicted octanol–water partition coefficient (Wildman–Crippen LogP) is 4.39. The molecule has 6 nitrogen and oxygen atoms in total. The highest BCUT2D eigenvalue weighted by molar-refractivity contribution is 5.80. The number of nitrogens with zero attached hydrogens (tertiary/aromatic N) is 3. The number of aromatic nitrogens is 1. The summed E-state index contributed by atoms with van der Waals surface area (Å²) in [6, 6.07) is 16.8. The van der Waals surface area contributed by atoms with Crippen molar-refractivity contribution in [3.05, 3.63) is 70.9 Å². The zero-order chi connectivity index (χ0) is 21.1. The molecule has 1 aliphatic rings. The van der Waals surface area contributed by atoms with Crippen LogP contribution >= 0.6 is 0 Å². The first-order chi connectivity index (χ1) is 14.5. The Hall–Kier alpha value is -3.12. The van der Waals surface area contributed by atoms with Gasteiger partial charge in [-0.25, -0.2) is 0 Å². The zero-order valence-corrected chi connectivity index (χ0v) is 17.8. The van der Waals surface area contributed by atoms with Crippen molar-refractivity contribution in [2.45, 2.75) is 26.7 Å². The maximum absolute atomic E-state index is 6.12. The highest BCUT2D eigenvalue weighted by atomic mass is 16.5. The van der Waals surface area contributed by atoms with Crippen LogP contribution in [0.5, 0.6) is 0 Å². The van der Waals surface area contributed by atoms with Gasteiger partial charge in [0.2, 0.25) is 0 Å². The number of aryl methyl sites for hydroxylation is 2. The van der Waals surface area contributed by atoms with Gasteiger partial charge in [0.15, 0.2) is 5.96 Å². The van der Waals surface area contributed by atoms with E-state index in [2.05, 4.69) is 67.3 Å². The quantitative estimate of drug-likeness (QED) is 0.515. The summed E-state index contributed by atoms with van der Waals surface area (Å²) in [5.41, 5.74) is 13.2. The number of ether oxygens (including phenoxy) is 1. The Labute approximate surface area is 177 Å². The van der Waals surface area contributed by atoms with Crippen LogP contribution in [0.15, 0.2) is 58.0 Å². The van der Waals surface area contributed by atoms with Crippen molar-refractivity contribution in [2.24, 2.45) is 10.7 Å². The zero-order valence-electron chi connectivity index (χ0n) is 17.8. The molecule has 0 amide bonds. The molecule has 1 atom stereocenters. The molecular weight excluding hydrogens is 376 g/mol. The Bertz CT molecular complexity index is 1010. The molecule has 0 radical (unpaired) electrons. The number of hydrogen-bond acceptors (Lipinski definition) is 4. The van der Waals surface area contributed by atoms with E-state index in [1.165, 1.54) is 27.8 Å². The summed E-state index contributed by atoms with van der Waals surface area (Å²) in [6.07, 6.45) is 0. The van der Waals surface area contributed by atoms with Gasteiger partial charge >= 0.3 is 0 Å². The molecule has 0 saturated carbocycles. The Morgan fingerprint density at radius 2 is 1.73 bits per heavy atom. The van der Waals surface area contributed by atoms with Crippen LogP contribution in [0.2, 0.25) is 0 Å². The summed E-state index contributed by atoms with van der Waals surface area (Å²) < 4.78 is 10.8. The minimum Gasteiger partial charge on any atom is -0.378 e. The molecule has 2 N–H and O–H groups in total. The number of hydrogen-bond donors (Lipinski definition) is 1. The van der Waals surface area contributed by atoms with Crippen molar-refractivity contribution >= 4 is 11.8 Å². The number of aliphatic imine (C=N–C) groups is 1. The molecule has 2 heterocycles. The van der Waals surface area contributed by atoms with Crippen molar-refractivity contribution in [3.63, 3.8) is 0 Å². The van der Waals surface area contributed by atoms with E-state index in [1.54, 1.807) is 0 Å². The average Bonchev–Trinajstić information content (AvgIpc) is 3.22. The number of nitrogens with two attached hydrogens (primary N) is 1. The van der Waals surface area contributed by atoms with Crippen LogP contribution in [0, 0.1) is 13.8 Å². The van der Waals surface area contributed by atoms with E-state index in [-0.39, 0.29) is 5.92 Å². The van der Waals surface area contributed by atoms with Crippen molar-refractivity contribution in [2.75, 3.05) is 26.3 Å². The summed E-state index contributed by atoms with van der Waals surface area (Å²) in [7, 11) is 0. The fourth-order valence-corrected chi connectivity index (χ4v) is 3.99. The Morgan fingerprint density at radius 1 is 1.07 bits per heavy atom. The average molecular weight is 405 g/mol. The molecule has 6 heteroatoms. The number of morpholine rings is 1. The molecule has 156 valence electrons. The van der Waals surface area contributed by atoms with Gasteiger partial charge < -0.3 is 19.9 Å². The van der Waals surface area contributed by atoms with Crippen LogP contribution in [0.3, 0.4) is 0 Å². The lowest BCUT2D eigenvalue weighted by atomic mass is 9.89. The third-order valence-corrected chi connectivity index (χ3v) is 5.64. The molecule has 0 bridgehead atoms. The molecule has 30 heavy (non-hydrogen) atoms. The van der Waals surface area contributed by atoms with E-state index in [0.29, 0.717) is 25.1 Å². The van der Waals surface area contributed by atoms with E-state index in [4.69, 9.17) is 15.0 Å². The SMILES string of the molecule is Cc1cc([C@H](C)c2cc(/N=C(\N)N3CCOCC3)on2)cc(C)c1-c1ccccc1. The number of rotatable bonds is 4. The molecule has 1 saturated heterocycles. The van der Waals surface area contributed by atoms with Crippen LogP contribution in [0.25, 0.3) is 11.1 Å². The van der Waals surface area contributed by atoms with E-state index in [9.17, 15) is 0 Å². The summed E-state index contributed by atoms with van der Waals surface area (Å²) in [5, 5.41) is 4.25. The second-order valence-corrected chi connectivity index (χ2v) is 7.78. The number of benzene rings is 2. The van der Waals surface area contributed by atoms with E-state index >= 15 is 0 Å². The first-order valence-corrected chi connectivity index (χ1v) is 10.3. The van der Waals surface area contributed by atoms with Crippen LogP contribution < -0.4 is 5.73 Å². The molecule has 0 spiro atoms. The first kappa shape index (κ1) is 20.2. The van der Waals surface area contributed by atoms with Crippen LogP contribution in [-0.2, 0) is 4.74 Å². The van der Waals surface area contributed by atoms with Gasteiger partial charge in [0.1, 0.15) is 0 Å². The minimum absolute atomic E-state index is 0.0875. The van der Waals surface area contributed by atoms with E-state index in [0.717, 1.165) is 18.8 Å². The van der Waals surface area contributed by atoms with Crippen LogP contribution in [-0.4, -0.2) is 42.3 Å². The maximum Gasteiger partial charge on any atom is 0.253 e. The van der Waals surface area contributed by atoms with Crippen molar-refractivity contribution < 1.29 is 9.26 Å². The molecule has 0 unspecified atom stereocenters. The molecule has 1 aliphatic heterocycles. The van der Waals surface area contributed by atoms with Gasteiger partial charge in [-0.1, -0.05) is 54.5 Å². The summed E-state index contributed by atoms with van der Waals surface area (Å²) >= 11 is 0. The molecule has 3 aromatic rings. The fourth-order valence-electron chi connectivity index (χ4n) is 3.99. The molecule has 2 aromatic carbocycles. The maximum atomic E-state index is 6.12. The third kappa shape index (κ3) is 4.24. The normalized spacial score (nSPS) is 16.0. The van der Waals surface area contributed by atoms with E-state index in [1.807, 2.05) is 17.0 Å². The summed E-state index contributed by atoms with van der Waals surface area (Å²) in [5.74, 6) is 0.951. The van der Waals surface area contributed by atoms with Crippen LogP contribution in [0.1, 0.15) is 35.2 Å². The standard InChI is InChI=1S/C24H28N4O2/c1-16-13-20(14-17(2)23(16)19-7-5-4-6-8-19)18(3)21-15-22(30-27-21)26-24(25)28-9-11-29-12-10-28/h4-8,13-15,18H,9-12H2,1-3H3,(H2,25,26)/t18-/m0/s1. The fraction of sp³-hybridized carbons (Fsp3) is 0.333. The van der Waals surface area contributed by atoms with Crippen molar-refractivity contribution in [3.8, 4) is 11.1 Å². The van der Waals surface area contributed by atoms with Gasteiger partial charge in [-0.15, -0.1) is 0 Å². The second-order valence-electron chi connectivity index (χ2n) is 7.78. The van der Waals surface area contributed by atoms with Crippen LogP contribution in [0.4, 0.5) is 5.88 Å². The van der Waals surface area contributed by atoms with Gasteiger partial charge in [-0.05, 0) is 41.7 Å². The second kappa shape index (κ2) is 8.71. The summed E-state index contributed by atoms with van der Waals surface area (Å²) in [4.78, 5) is 6.39. The highest BCUT2D eigenvalue weighted by Crippen LogP contribution is 2.33. The first-order valence-electron chi connectivity index (χ1n) is 10.3. The molecular formula is C24H28N4O2. The topological polar surface area (TPSA) is 76.9 Å². The Kier molecular flexibility index (Phi) is 5.86.